The zero-order chi connectivity index (χ0) is 13.9. The van der Waals surface area contributed by atoms with Crippen molar-refractivity contribution >= 4 is 5.69 Å². The van der Waals surface area contributed by atoms with Crippen LogP contribution in [0.15, 0.2) is 18.2 Å². The summed E-state index contributed by atoms with van der Waals surface area (Å²) in [6.45, 7) is 5.59. The monoisotopic (exact) mass is 261 g/mol. The molecule has 0 atom stereocenters. The molecular formula is C17H27NO. The topological polar surface area (TPSA) is 23.5 Å². The Kier molecular flexibility index (Phi) is 4.51. The summed E-state index contributed by atoms with van der Waals surface area (Å²) in [7, 11) is 2.16. The van der Waals surface area contributed by atoms with Gasteiger partial charge in [0.2, 0.25) is 0 Å². The quantitative estimate of drug-likeness (QED) is 0.893. The molecule has 0 bridgehead atoms. The zero-order valence-electron chi connectivity index (χ0n) is 12.6. The second kappa shape index (κ2) is 5.96. The lowest BCUT2D eigenvalue weighted by Gasteiger charge is -2.39. The van der Waals surface area contributed by atoms with E-state index in [0.29, 0.717) is 6.61 Å². The smallest absolute Gasteiger partial charge is 0.0504 e. The van der Waals surface area contributed by atoms with Gasteiger partial charge in [-0.1, -0.05) is 37.0 Å². The van der Waals surface area contributed by atoms with Crippen molar-refractivity contribution in [1.29, 1.82) is 0 Å². The van der Waals surface area contributed by atoms with E-state index >= 15 is 0 Å². The molecule has 0 aromatic heterocycles. The van der Waals surface area contributed by atoms with Crippen molar-refractivity contribution < 1.29 is 5.11 Å². The van der Waals surface area contributed by atoms with Gasteiger partial charge in [0.15, 0.2) is 0 Å². The summed E-state index contributed by atoms with van der Waals surface area (Å²) in [5.74, 6) is 0. The minimum atomic E-state index is 0.115. The SMILES string of the molecule is Cc1ccc(N(C)CC2(CO)CCCCC2)c(C)c1. The molecule has 1 aromatic carbocycles. The highest BCUT2D eigenvalue weighted by Crippen LogP contribution is 2.37. The second-order valence-electron chi connectivity index (χ2n) is 6.36. The molecule has 0 saturated heterocycles. The molecule has 1 N–H and O–H groups in total. The molecule has 1 saturated carbocycles. The van der Waals surface area contributed by atoms with E-state index < -0.39 is 0 Å². The number of hydrogen-bond donors (Lipinski definition) is 1. The molecule has 1 aromatic rings. The van der Waals surface area contributed by atoms with Crippen LogP contribution in [0.3, 0.4) is 0 Å². The van der Waals surface area contributed by atoms with E-state index in [-0.39, 0.29) is 5.41 Å². The molecule has 1 aliphatic rings. The fourth-order valence-corrected chi connectivity index (χ4v) is 3.49. The van der Waals surface area contributed by atoms with Gasteiger partial charge in [0.1, 0.15) is 0 Å². The van der Waals surface area contributed by atoms with Gasteiger partial charge in [-0.05, 0) is 38.3 Å². The summed E-state index contributed by atoms with van der Waals surface area (Å²) in [6.07, 6.45) is 6.19. The minimum absolute atomic E-state index is 0.115. The van der Waals surface area contributed by atoms with Crippen LogP contribution in [-0.2, 0) is 0 Å². The minimum Gasteiger partial charge on any atom is -0.396 e. The third kappa shape index (κ3) is 3.30. The highest BCUT2D eigenvalue weighted by molar-refractivity contribution is 5.54. The summed E-state index contributed by atoms with van der Waals surface area (Å²) in [6, 6.07) is 6.61. The maximum atomic E-state index is 9.82. The van der Waals surface area contributed by atoms with Crippen molar-refractivity contribution in [3.8, 4) is 0 Å². The predicted molar refractivity (Wildman–Crippen MR) is 81.8 cm³/mol. The third-order valence-electron chi connectivity index (χ3n) is 4.59. The van der Waals surface area contributed by atoms with Gasteiger partial charge in [0.05, 0.1) is 6.61 Å². The van der Waals surface area contributed by atoms with E-state index in [9.17, 15) is 5.11 Å². The molecule has 2 rings (SSSR count). The van der Waals surface area contributed by atoms with Crippen LogP contribution in [-0.4, -0.2) is 25.3 Å². The van der Waals surface area contributed by atoms with Crippen LogP contribution >= 0.6 is 0 Å². The molecule has 0 amide bonds. The van der Waals surface area contributed by atoms with Gasteiger partial charge < -0.3 is 10.0 Å². The molecular weight excluding hydrogens is 234 g/mol. The van der Waals surface area contributed by atoms with Crippen molar-refractivity contribution in [3.05, 3.63) is 29.3 Å². The third-order valence-corrected chi connectivity index (χ3v) is 4.59. The highest BCUT2D eigenvalue weighted by Gasteiger charge is 2.32. The predicted octanol–water partition coefficient (Wildman–Crippen LogP) is 3.68. The summed E-state index contributed by atoms with van der Waals surface area (Å²) in [5, 5.41) is 9.82. The Morgan fingerprint density at radius 3 is 2.42 bits per heavy atom. The van der Waals surface area contributed by atoms with Crippen LogP contribution in [0.5, 0.6) is 0 Å². The maximum absolute atomic E-state index is 9.82. The molecule has 0 heterocycles. The first kappa shape index (κ1) is 14.4. The summed E-state index contributed by atoms with van der Waals surface area (Å²) >= 11 is 0. The molecule has 2 heteroatoms. The van der Waals surface area contributed by atoms with Crippen molar-refractivity contribution in [3.63, 3.8) is 0 Å². The molecule has 0 radical (unpaired) electrons. The highest BCUT2D eigenvalue weighted by atomic mass is 16.3. The van der Waals surface area contributed by atoms with Crippen LogP contribution < -0.4 is 4.90 Å². The van der Waals surface area contributed by atoms with Crippen molar-refractivity contribution in [2.75, 3.05) is 25.1 Å². The number of benzene rings is 1. The van der Waals surface area contributed by atoms with Gasteiger partial charge in [-0.2, -0.15) is 0 Å². The standard InChI is InChI=1S/C17H27NO/c1-14-7-8-16(15(2)11-14)18(3)12-17(13-19)9-5-4-6-10-17/h7-8,11,19H,4-6,9-10,12-13H2,1-3H3. The van der Waals surface area contributed by atoms with Gasteiger partial charge in [-0.3, -0.25) is 0 Å². The van der Waals surface area contributed by atoms with Crippen molar-refractivity contribution in [1.82, 2.24) is 0 Å². The average Bonchev–Trinajstić information content (AvgIpc) is 2.39. The van der Waals surface area contributed by atoms with E-state index in [1.165, 1.54) is 48.9 Å². The molecule has 0 aliphatic heterocycles. The molecule has 19 heavy (non-hydrogen) atoms. The first-order chi connectivity index (χ1) is 9.06. The number of hydrogen-bond acceptors (Lipinski definition) is 2. The molecule has 106 valence electrons. The van der Waals surface area contributed by atoms with Gasteiger partial charge in [0, 0.05) is 24.7 Å². The number of aliphatic hydroxyl groups is 1. The van der Waals surface area contributed by atoms with E-state index in [0.717, 1.165) is 6.54 Å². The maximum Gasteiger partial charge on any atom is 0.0504 e. The molecule has 1 fully saturated rings. The van der Waals surface area contributed by atoms with E-state index in [2.05, 4.69) is 44.0 Å². The van der Waals surface area contributed by atoms with Gasteiger partial charge in [-0.15, -0.1) is 0 Å². The van der Waals surface area contributed by atoms with E-state index in [1.54, 1.807) is 0 Å². The lowest BCUT2D eigenvalue weighted by Crippen LogP contribution is -2.40. The largest absolute Gasteiger partial charge is 0.396 e. The zero-order valence-corrected chi connectivity index (χ0v) is 12.6. The molecule has 0 unspecified atom stereocenters. The van der Waals surface area contributed by atoms with E-state index in [1.807, 2.05) is 0 Å². The number of aliphatic hydroxyl groups excluding tert-OH is 1. The van der Waals surface area contributed by atoms with E-state index in [4.69, 9.17) is 0 Å². The lowest BCUT2D eigenvalue weighted by molar-refractivity contribution is 0.0891. The number of nitrogens with zero attached hydrogens (tertiary/aromatic N) is 1. The normalized spacial score (nSPS) is 18.3. The molecule has 1 aliphatic carbocycles. The average molecular weight is 261 g/mol. The van der Waals surface area contributed by atoms with Crippen molar-refractivity contribution in [2.45, 2.75) is 46.0 Å². The van der Waals surface area contributed by atoms with Crippen LogP contribution in [0, 0.1) is 19.3 Å². The van der Waals surface area contributed by atoms with Crippen LogP contribution in [0.25, 0.3) is 0 Å². The van der Waals surface area contributed by atoms with Crippen molar-refractivity contribution in [2.24, 2.45) is 5.41 Å². The van der Waals surface area contributed by atoms with Gasteiger partial charge in [-0.25, -0.2) is 0 Å². The fourth-order valence-electron chi connectivity index (χ4n) is 3.49. The number of anilines is 1. The van der Waals surface area contributed by atoms with Gasteiger partial charge in [0.25, 0.3) is 0 Å². The van der Waals surface area contributed by atoms with Crippen LogP contribution in [0.4, 0.5) is 5.69 Å². The first-order valence-corrected chi connectivity index (χ1v) is 7.46. The summed E-state index contributed by atoms with van der Waals surface area (Å²) in [5.41, 5.74) is 4.05. The lowest BCUT2D eigenvalue weighted by atomic mass is 9.74. The Morgan fingerprint density at radius 2 is 1.84 bits per heavy atom. The molecule has 2 nitrogen and oxygen atoms in total. The summed E-state index contributed by atoms with van der Waals surface area (Å²) < 4.78 is 0. The fraction of sp³-hybridized carbons (Fsp3) is 0.647. The van der Waals surface area contributed by atoms with Gasteiger partial charge >= 0.3 is 0 Å². The van der Waals surface area contributed by atoms with Crippen LogP contribution in [0.1, 0.15) is 43.2 Å². The Morgan fingerprint density at radius 1 is 1.16 bits per heavy atom. The molecule has 0 spiro atoms. The number of aryl methyl sites for hydroxylation is 2. The Labute approximate surface area is 117 Å². The Balaban J connectivity index is 2.12. The Bertz CT molecular complexity index is 421. The second-order valence-corrected chi connectivity index (χ2v) is 6.36. The number of rotatable bonds is 4. The van der Waals surface area contributed by atoms with Crippen LogP contribution in [0.2, 0.25) is 0 Å². The Hall–Kier alpha value is -1.02. The summed E-state index contributed by atoms with van der Waals surface area (Å²) in [4.78, 5) is 2.33. The first-order valence-electron chi connectivity index (χ1n) is 7.46.